The number of rotatable bonds is 7. The van der Waals surface area contributed by atoms with Gasteiger partial charge in [-0.25, -0.2) is 13.6 Å². The van der Waals surface area contributed by atoms with Gasteiger partial charge in [0.2, 0.25) is 11.8 Å². The summed E-state index contributed by atoms with van der Waals surface area (Å²) in [5, 5.41) is 6.79. The molecule has 0 saturated carbocycles. The van der Waals surface area contributed by atoms with E-state index in [1.54, 1.807) is 18.7 Å². The first kappa shape index (κ1) is 24.6. The fraction of sp³-hybridized carbons (Fsp3) is 0.600. The van der Waals surface area contributed by atoms with E-state index in [0.717, 1.165) is 11.1 Å². The maximum absolute atomic E-state index is 13.0. The summed E-state index contributed by atoms with van der Waals surface area (Å²) in [7, 11) is -7.50. The van der Waals surface area contributed by atoms with Crippen molar-refractivity contribution in [2.45, 2.75) is 50.4 Å². The third kappa shape index (κ3) is 5.66. The van der Waals surface area contributed by atoms with Crippen molar-refractivity contribution in [2.75, 3.05) is 18.8 Å². The molecule has 3 atom stereocenters. The van der Waals surface area contributed by atoms with Crippen LogP contribution in [-0.2, 0) is 36.2 Å². The number of hydrogen-bond acceptors (Lipinski definition) is 6. The van der Waals surface area contributed by atoms with E-state index in [9.17, 15) is 26.4 Å². The molecule has 2 unspecified atom stereocenters. The molecule has 0 spiro atoms. The van der Waals surface area contributed by atoms with Gasteiger partial charge in [0, 0.05) is 25.6 Å². The van der Waals surface area contributed by atoms with Gasteiger partial charge in [0.15, 0.2) is 9.84 Å². The molecule has 2 heterocycles. The summed E-state index contributed by atoms with van der Waals surface area (Å²) in [6, 6.07) is 6.48. The van der Waals surface area contributed by atoms with E-state index in [1.165, 1.54) is 0 Å². The number of nitrogens with two attached hydrogens (primary N) is 1. The number of amides is 2. The maximum Gasteiger partial charge on any atom is 0.275 e. The summed E-state index contributed by atoms with van der Waals surface area (Å²) < 4.78 is 49.5. The Morgan fingerprint density at radius 2 is 1.94 bits per heavy atom. The maximum atomic E-state index is 13.0. The Labute approximate surface area is 189 Å². The van der Waals surface area contributed by atoms with Crippen LogP contribution in [0.15, 0.2) is 24.3 Å². The third-order valence-electron chi connectivity index (χ3n) is 5.98. The van der Waals surface area contributed by atoms with Gasteiger partial charge in [-0.2, -0.15) is 13.1 Å². The molecule has 1 aromatic carbocycles. The topological polar surface area (TPSA) is 156 Å². The molecule has 3 rings (SSSR count). The van der Waals surface area contributed by atoms with Crippen LogP contribution >= 0.6 is 0 Å². The van der Waals surface area contributed by atoms with Crippen molar-refractivity contribution in [3.8, 4) is 0 Å². The van der Waals surface area contributed by atoms with E-state index in [4.69, 9.17) is 5.14 Å². The minimum atomic E-state index is -4.07. The summed E-state index contributed by atoms with van der Waals surface area (Å²) in [6.45, 7) is 4.12. The van der Waals surface area contributed by atoms with Crippen LogP contribution in [0.2, 0.25) is 0 Å². The molecule has 12 heteroatoms. The van der Waals surface area contributed by atoms with Gasteiger partial charge in [0.1, 0.15) is 11.3 Å². The smallest absolute Gasteiger partial charge is 0.275 e. The second kappa shape index (κ2) is 9.46. The number of nitrogens with one attached hydrogen (secondary N) is 2. The summed E-state index contributed by atoms with van der Waals surface area (Å²) in [6.07, 6.45) is 0.812. The second-order valence-electron chi connectivity index (χ2n) is 8.74. The van der Waals surface area contributed by atoms with Crippen LogP contribution in [0.4, 0.5) is 0 Å². The quantitative estimate of drug-likeness (QED) is 0.477. The van der Waals surface area contributed by atoms with E-state index in [-0.39, 0.29) is 30.7 Å². The van der Waals surface area contributed by atoms with Crippen LogP contribution < -0.4 is 15.2 Å². The number of carbonyl (C=O) groups excluding carboxylic acids is 2. The predicted octanol–water partition coefficient (Wildman–Crippen LogP) is -0.376. The van der Waals surface area contributed by atoms with E-state index in [1.807, 2.05) is 24.3 Å². The lowest BCUT2D eigenvalue weighted by Gasteiger charge is -2.36. The van der Waals surface area contributed by atoms with E-state index in [2.05, 4.69) is 10.0 Å². The minimum Gasteiger partial charge on any atom is -0.354 e. The molecule has 32 heavy (non-hydrogen) atoms. The van der Waals surface area contributed by atoms with Crippen molar-refractivity contribution >= 4 is 31.9 Å². The Hall–Kier alpha value is -2.02. The molecule has 1 fully saturated rings. The summed E-state index contributed by atoms with van der Waals surface area (Å²) in [4.78, 5) is 27.3. The Morgan fingerprint density at radius 3 is 2.53 bits per heavy atom. The Morgan fingerprint density at radius 1 is 1.25 bits per heavy atom. The van der Waals surface area contributed by atoms with E-state index < -0.39 is 43.2 Å². The highest BCUT2D eigenvalue weighted by molar-refractivity contribution is 7.93. The first-order valence-electron chi connectivity index (χ1n) is 10.5. The Balaban J connectivity index is 1.76. The molecule has 2 aliphatic rings. The fourth-order valence-corrected chi connectivity index (χ4v) is 6.90. The zero-order valence-electron chi connectivity index (χ0n) is 18.2. The zero-order valence-corrected chi connectivity index (χ0v) is 19.8. The summed E-state index contributed by atoms with van der Waals surface area (Å²) in [5.74, 6) is -1.49. The van der Waals surface area contributed by atoms with Gasteiger partial charge in [-0.05, 0) is 29.9 Å². The molecular formula is C20H30N4O6S2. The minimum absolute atomic E-state index is 0.0287. The van der Waals surface area contributed by atoms with E-state index in [0.29, 0.717) is 19.4 Å². The van der Waals surface area contributed by atoms with Crippen molar-refractivity contribution in [3.63, 3.8) is 0 Å². The molecule has 2 aliphatic heterocycles. The zero-order chi connectivity index (χ0) is 23.7. The fourth-order valence-electron chi connectivity index (χ4n) is 4.33. The molecule has 1 aromatic rings. The SMILES string of the molecule is CC(C)[C@@H](NS(N)(=O)=O)C(=O)NCC1CN(C(=O)C2CCCS2(=O)=O)Cc2ccccc21. The number of sulfone groups is 1. The van der Waals surface area contributed by atoms with Crippen LogP contribution in [0.1, 0.15) is 43.7 Å². The lowest BCUT2D eigenvalue weighted by molar-refractivity contribution is -0.132. The standard InChI is InChI=1S/C20H30N4O6S2/c1-13(2)18(23-32(21,29)30)19(25)22-10-15-12-24(11-14-6-3-4-7-16(14)15)20(26)17-8-5-9-31(17,27)28/h3-4,6-7,13,15,17-18,23H,5,8-12H2,1-2H3,(H,22,25)(H2,21,29,30)/t15?,17?,18-/m1/s1. The van der Waals surface area contributed by atoms with Crippen LogP contribution in [-0.4, -0.2) is 63.7 Å². The van der Waals surface area contributed by atoms with Crippen molar-refractivity contribution in [1.82, 2.24) is 14.9 Å². The van der Waals surface area contributed by atoms with Gasteiger partial charge >= 0.3 is 0 Å². The number of nitrogens with zero attached hydrogens (tertiary/aromatic N) is 1. The Bertz CT molecular complexity index is 1090. The molecule has 0 aliphatic carbocycles. The molecule has 2 amide bonds. The van der Waals surface area contributed by atoms with Gasteiger partial charge in [0.05, 0.1) is 5.75 Å². The summed E-state index contributed by atoms with van der Waals surface area (Å²) >= 11 is 0. The van der Waals surface area contributed by atoms with Gasteiger partial charge in [-0.15, -0.1) is 0 Å². The van der Waals surface area contributed by atoms with Gasteiger partial charge < -0.3 is 10.2 Å². The third-order valence-corrected chi connectivity index (χ3v) is 8.72. The highest BCUT2D eigenvalue weighted by Crippen LogP contribution is 2.30. The van der Waals surface area contributed by atoms with Gasteiger partial charge in [-0.1, -0.05) is 38.1 Å². The van der Waals surface area contributed by atoms with Crippen molar-refractivity contribution in [2.24, 2.45) is 11.1 Å². The molecular weight excluding hydrogens is 456 g/mol. The van der Waals surface area contributed by atoms with E-state index >= 15 is 0 Å². The van der Waals surface area contributed by atoms with Gasteiger partial charge in [-0.3, -0.25) is 9.59 Å². The average molecular weight is 487 g/mol. The Kier molecular flexibility index (Phi) is 7.28. The number of hydrogen-bond donors (Lipinski definition) is 3. The van der Waals surface area contributed by atoms with Crippen molar-refractivity contribution in [3.05, 3.63) is 35.4 Å². The number of benzene rings is 1. The first-order chi connectivity index (χ1) is 14.9. The van der Waals surface area contributed by atoms with Crippen LogP contribution in [0, 0.1) is 5.92 Å². The van der Waals surface area contributed by atoms with Crippen LogP contribution in [0.3, 0.4) is 0 Å². The van der Waals surface area contributed by atoms with Gasteiger partial charge in [0.25, 0.3) is 10.2 Å². The first-order valence-corrected chi connectivity index (χ1v) is 13.8. The molecule has 0 bridgehead atoms. The average Bonchev–Trinajstić information content (AvgIpc) is 3.07. The van der Waals surface area contributed by atoms with Crippen molar-refractivity contribution in [1.29, 1.82) is 0 Å². The summed E-state index contributed by atoms with van der Waals surface area (Å²) in [5.41, 5.74) is 1.86. The second-order valence-corrected chi connectivity index (χ2v) is 12.4. The lowest BCUT2D eigenvalue weighted by atomic mass is 9.89. The predicted molar refractivity (Wildman–Crippen MR) is 119 cm³/mol. The molecule has 178 valence electrons. The normalized spacial score (nSPS) is 23.6. The molecule has 0 radical (unpaired) electrons. The molecule has 0 aromatic heterocycles. The van der Waals surface area contributed by atoms with Crippen LogP contribution in [0.5, 0.6) is 0 Å². The highest BCUT2D eigenvalue weighted by atomic mass is 32.2. The number of carbonyl (C=O) groups is 2. The largest absolute Gasteiger partial charge is 0.354 e. The molecule has 10 nitrogen and oxygen atoms in total. The van der Waals surface area contributed by atoms with Crippen LogP contribution in [0.25, 0.3) is 0 Å². The highest BCUT2D eigenvalue weighted by Gasteiger charge is 2.41. The number of fused-ring (bicyclic) bond motifs is 1. The van der Waals surface area contributed by atoms with Crippen molar-refractivity contribution < 1.29 is 26.4 Å². The monoisotopic (exact) mass is 486 g/mol. The molecule has 4 N–H and O–H groups in total. The lowest BCUT2D eigenvalue weighted by Crippen LogP contribution is -2.53. The molecule has 1 saturated heterocycles.